The minimum absolute atomic E-state index is 0.159. The van der Waals surface area contributed by atoms with Gasteiger partial charge in [-0.3, -0.25) is 4.79 Å². The summed E-state index contributed by atoms with van der Waals surface area (Å²) in [5.41, 5.74) is 2.81. The van der Waals surface area contributed by atoms with Gasteiger partial charge < -0.3 is 5.32 Å². The Morgan fingerprint density at radius 3 is 2.71 bits per heavy atom. The molecule has 0 saturated heterocycles. The molecule has 3 rings (SSSR count). The summed E-state index contributed by atoms with van der Waals surface area (Å²) < 4.78 is 1.67. The highest BCUT2D eigenvalue weighted by atomic mass is 16.1. The Morgan fingerprint density at radius 1 is 1.25 bits per heavy atom. The van der Waals surface area contributed by atoms with E-state index >= 15 is 0 Å². The molecule has 0 fully saturated rings. The highest BCUT2D eigenvalue weighted by Gasteiger charge is 2.12. The molecule has 0 bridgehead atoms. The van der Waals surface area contributed by atoms with Gasteiger partial charge in [-0.15, -0.1) is 0 Å². The summed E-state index contributed by atoms with van der Waals surface area (Å²) in [6, 6.07) is 16.2. The summed E-state index contributed by atoms with van der Waals surface area (Å²) in [6.07, 6.45) is 3.11. The predicted octanol–water partition coefficient (Wildman–Crippen LogP) is 2.63. The second-order valence-electron chi connectivity index (χ2n) is 5.32. The van der Waals surface area contributed by atoms with Crippen molar-refractivity contribution in [3.8, 4) is 11.8 Å². The number of nitrogens with one attached hydrogen (secondary N) is 1. The van der Waals surface area contributed by atoms with Crippen molar-refractivity contribution in [2.24, 2.45) is 0 Å². The molecule has 1 amide bonds. The molecule has 24 heavy (non-hydrogen) atoms. The second kappa shape index (κ2) is 6.75. The fourth-order valence-electron chi connectivity index (χ4n) is 2.35. The van der Waals surface area contributed by atoms with Crippen LogP contribution in [0.3, 0.4) is 0 Å². The van der Waals surface area contributed by atoms with E-state index in [9.17, 15) is 4.79 Å². The fourth-order valence-corrected chi connectivity index (χ4v) is 2.35. The summed E-state index contributed by atoms with van der Waals surface area (Å²) in [5, 5.41) is 15.9. The molecule has 0 aliphatic carbocycles. The monoisotopic (exact) mass is 317 g/mol. The Morgan fingerprint density at radius 2 is 2.04 bits per heavy atom. The van der Waals surface area contributed by atoms with Crippen LogP contribution in [0.15, 0.2) is 61.2 Å². The van der Waals surface area contributed by atoms with Crippen molar-refractivity contribution in [3.05, 3.63) is 77.9 Å². The number of amides is 1. The van der Waals surface area contributed by atoms with Crippen molar-refractivity contribution in [3.63, 3.8) is 0 Å². The minimum Gasteiger partial charge on any atom is -0.346 e. The van der Waals surface area contributed by atoms with Crippen LogP contribution in [0.5, 0.6) is 0 Å². The van der Waals surface area contributed by atoms with E-state index in [2.05, 4.69) is 15.4 Å². The first-order valence-corrected chi connectivity index (χ1v) is 7.43. The summed E-state index contributed by atoms with van der Waals surface area (Å²) in [7, 11) is 0. The number of nitriles is 1. The van der Waals surface area contributed by atoms with E-state index in [0.29, 0.717) is 11.1 Å². The van der Waals surface area contributed by atoms with Crippen LogP contribution in [0, 0.1) is 11.3 Å². The molecule has 6 heteroatoms. The van der Waals surface area contributed by atoms with Crippen molar-refractivity contribution in [1.82, 2.24) is 20.1 Å². The summed E-state index contributed by atoms with van der Waals surface area (Å²) in [6.45, 7) is 1.91. The number of carbonyl (C=O) groups excluding carboxylic acids is 1. The van der Waals surface area contributed by atoms with Gasteiger partial charge in [0.05, 0.1) is 23.4 Å². The lowest BCUT2D eigenvalue weighted by molar-refractivity contribution is 0.0940. The fraction of sp³-hybridized carbons (Fsp3) is 0.111. The van der Waals surface area contributed by atoms with Gasteiger partial charge in [0.2, 0.25) is 0 Å². The molecule has 1 atom stereocenters. The van der Waals surface area contributed by atoms with Crippen LogP contribution in [-0.2, 0) is 0 Å². The number of benzene rings is 2. The van der Waals surface area contributed by atoms with E-state index < -0.39 is 0 Å². The van der Waals surface area contributed by atoms with Gasteiger partial charge >= 0.3 is 0 Å². The van der Waals surface area contributed by atoms with Gasteiger partial charge in [0.25, 0.3) is 5.91 Å². The summed E-state index contributed by atoms with van der Waals surface area (Å²) >= 11 is 0. The van der Waals surface area contributed by atoms with Crippen LogP contribution >= 0.6 is 0 Å². The molecule has 0 aliphatic rings. The van der Waals surface area contributed by atoms with Crippen molar-refractivity contribution in [1.29, 1.82) is 5.26 Å². The third kappa shape index (κ3) is 3.31. The van der Waals surface area contributed by atoms with E-state index in [4.69, 9.17) is 5.26 Å². The van der Waals surface area contributed by atoms with Gasteiger partial charge in [0, 0.05) is 5.56 Å². The quantitative estimate of drug-likeness (QED) is 0.801. The average Bonchev–Trinajstić information content (AvgIpc) is 3.16. The van der Waals surface area contributed by atoms with Crippen molar-refractivity contribution in [2.75, 3.05) is 0 Å². The molecule has 6 nitrogen and oxygen atoms in total. The number of hydrogen-bond acceptors (Lipinski definition) is 4. The molecule has 1 heterocycles. The molecule has 1 aromatic heterocycles. The SMILES string of the molecule is CC(NC(=O)c1cccc(C#N)c1)c1ccc(-n2cncn2)cc1. The topological polar surface area (TPSA) is 83.6 Å². The van der Waals surface area contributed by atoms with Gasteiger partial charge in [-0.05, 0) is 42.8 Å². The molecule has 1 N–H and O–H groups in total. The van der Waals surface area contributed by atoms with Crippen molar-refractivity contribution >= 4 is 5.91 Å². The number of rotatable bonds is 4. The van der Waals surface area contributed by atoms with Crippen LogP contribution in [-0.4, -0.2) is 20.7 Å². The zero-order valence-electron chi connectivity index (χ0n) is 13.0. The van der Waals surface area contributed by atoms with Crippen LogP contribution in [0.2, 0.25) is 0 Å². The van der Waals surface area contributed by atoms with Crippen molar-refractivity contribution < 1.29 is 4.79 Å². The number of nitrogens with zero attached hydrogens (tertiary/aromatic N) is 4. The zero-order valence-corrected chi connectivity index (χ0v) is 13.0. The maximum atomic E-state index is 12.3. The predicted molar refractivity (Wildman–Crippen MR) is 88.4 cm³/mol. The van der Waals surface area contributed by atoms with Crippen LogP contribution in [0.25, 0.3) is 5.69 Å². The Kier molecular flexibility index (Phi) is 4.34. The number of hydrogen-bond donors (Lipinski definition) is 1. The Balaban J connectivity index is 1.71. The molecule has 0 saturated carbocycles. The first-order chi connectivity index (χ1) is 11.7. The Hall–Kier alpha value is -3.46. The normalized spacial score (nSPS) is 11.5. The molecule has 2 aromatic carbocycles. The zero-order chi connectivity index (χ0) is 16.9. The molecule has 118 valence electrons. The molecule has 0 radical (unpaired) electrons. The van der Waals surface area contributed by atoms with Crippen LogP contribution < -0.4 is 5.32 Å². The first-order valence-electron chi connectivity index (χ1n) is 7.43. The number of aromatic nitrogens is 3. The van der Waals surface area contributed by atoms with Crippen LogP contribution in [0.4, 0.5) is 0 Å². The molecular weight excluding hydrogens is 302 g/mol. The molecule has 1 unspecified atom stereocenters. The number of carbonyl (C=O) groups is 1. The summed E-state index contributed by atoms with van der Waals surface area (Å²) in [5.74, 6) is -0.208. The van der Waals surface area contributed by atoms with Gasteiger partial charge in [0.1, 0.15) is 12.7 Å². The van der Waals surface area contributed by atoms with Gasteiger partial charge in [0.15, 0.2) is 0 Å². The van der Waals surface area contributed by atoms with Gasteiger partial charge in [-0.1, -0.05) is 18.2 Å². The third-order valence-corrected chi connectivity index (χ3v) is 3.68. The van der Waals surface area contributed by atoms with Gasteiger partial charge in [-0.25, -0.2) is 9.67 Å². The molecule has 3 aromatic rings. The summed E-state index contributed by atoms with van der Waals surface area (Å²) in [4.78, 5) is 16.2. The largest absolute Gasteiger partial charge is 0.346 e. The van der Waals surface area contributed by atoms with E-state index in [0.717, 1.165) is 11.3 Å². The lowest BCUT2D eigenvalue weighted by Crippen LogP contribution is -2.26. The van der Waals surface area contributed by atoms with E-state index in [1.807, 2.05) is 37.3 Å². The van der Waals surface area contributed by atoms with Crippen molar-refractivity contribution in [2.45, 2.75) is 13.0 Å². The second-order valence-corrected chi connectivity index (χ2v) is 5.32. The maximum absolute atomic E-state index is 12.3. The molecular formula is C18H15N5O. The first kappa shape index (κ1) is 15.4. The van der Waals surface area contributed by atoms with Gasteiger partial charge in [-0.2, -0.15) is 10.4 Å². The molecule has 0 aliphatic heterocycles. The van der Waals surface area contributed by atoms with E-state index in [1.165, 1.54) is 6.33 Å². The Labute approximate surface area is 139 Å². The Bertz CT molecular complexity index is 879. The maximum Gasteiger partial charge on any atom is 0.251 e. The smallest absolute Gasteiger partial charge is 0.251 e. The standard InChI is InChI=1S/C18H15N5O/c1-13(22-18(24)16-4-2-3-14(9-16)10-19)15-5-7-17(8-6-15)23-12-20-11-21-23/h2-9,11-13H,1H3,(H,22,24). The lowest BCUT2D eigenvalue weighted by atomic mass is 10.1. The molecule has 0 spiro atoms. The van der Waals surface area contributed by atoms with E-state index in [-0.39, 0.29) is 11.9 Å². The lowest BCUT2D eigenvalue weighted by Gasteiger charge is -2.15. The van der Waals surface area contributed by atoms with E-state index in [1.54, 1.807) is 35.3 Å². The minimum atomic E-state index is -0.208. The third-order valence-electron chi connectivity index (χ3n) is 3.68. The highest BCUT2D eigenvalue weighted by Crippen LogP contribution is 2.16. The van der Waals surface area contributed by atoms with Crippen LogP contribution in [0.1, 0.15) is 34.5 Å². The average molecular weight is 317 g/mol. The highest BCUT2D eigenvalue weighted by molar-refractivity contribution is 5.94.